The van der Waals surface area contributed by atoms with Crippen LogP contribution in [-0.4, -0.2) is 4.98 Å². The van der Waals surface area contributed by atoms with Crippen molar-refractivity contribution in [2.45, 2.75) is 0 Å². The first-order chi connectivity index (χ1) is 6.16. The number of rotatable bonds is 1. The minimum absolute atomic E-state index is 0.327. The Morgan fingerprint density at radius 2 is 2.23 bits per heavy atom. The van der Waals surface area contributed by atoms with E-state index in [0.717, 1.165) is 11.3 Å². The van der Waals surface area contributed by atoms with E-state index in [9.17, 15) is 0 Å². The van der Waals surface area contributed by atoms with Crippen LogP contribution in [0.3, 0.4) is 0 Å². The van der Waals surface area contributed by atoms with Crippen molar-refractivity contribution in [1.82, 2.24) is 4.98 Å². The van der Waals surface area contributed by atoms with Crippen molar-refractivity contribution in [3.8, 4) is 11.3 Å². The Balaban J connectivity index is 2.57. The highest BCUT2D eigenvalue weighted by Crippen LogP contribution is 2.37. The van der Waals surface area contributed by atoms with Gasteiger partial charge >= 0.3 is 0 Å². The normalized spacial score (nSPS) is 10.6. The van der Waals surface area contributed by atoms with E-state index < -0.39 is 0 Å². The third kappa shape index (κ3) is 1.81. The molecule has 2 heterocycles. The van der Waals surface area contributed by atoms with Gasteiger partial charge in [0.2, 0.25) is 0 Å². The molecule has 0 spiro atoms. The third-order valence-electron chi connectivity index (χ3n) is 1.47. The Morgan fingerprint density at radius 1 is 1.46 bits per heavy atom. The molecule has 0 saturated heterocycles. The fourth-order valence-electron chi connectivity index (χ4n) is 0.936. The lowest BCUT2D eigenvalue weighted by atomic mass is 10.3. The molecule has 0 amide bonds. The van der Waals surface area contributed by atoms with E-state index in [2.05, 4.69) is 4.98 Å². The van der Waals surface area contributed by atoms with Crippen LogP contribution in [0, 0.1) is 4.84 Å². The van der Waals surface area contributed by atoms with Crippen LogP contribution in [0.2, 0.25) is 8.67 Å². The van der Waals surface area contributed by atoms with E-state index in [1.54, 1.807) is 6.07 Å². The lowest BCUT2D eigenvalue weighted by Gasteiger charge is -1.89. The Kier molecular flexibility index (Phi) is 2.47. The fraction of sp³-hybridized carbons (Fsp3) is 0. The Labute approximate surface area is 93.1 Å². The first-order valence-corrected chi connectivity index (χ1v) is 5.28. The average Bonchev–Trinajstić information content (AvgIpc) is 2.58. The van der Waals surface area contributed by atoms with Crippen LogP contribution in [0.5, 0.6) is 0 Å². The molecule has 2 aromatic heterocycles. The van der Waals surface area contributed by atoms with Gasteiger partial charge in [0, 0.05) is 5.56 Å². The standard InChI is InChI=1S/C7H3Cl2NOS2/c8-5-1-3(6(9)13-5)4-2-11-7(12)10-4/h1-2H,(H,10,12). The molecule has 0 aliphatic carbocycles. The average molecular weight is 252 g/mol. The van der Waals surface area contributed by atoms with Crippen LogP contribution >= 0.6 is 46.8 Å². The largest absolute Gasteiger partial charge is 0.437 e. The van der Waals surface area contributed by atoms with Crippen LogP contribution in [-0.2, 0) is 0 Å². The van der Waals surface area contributed by atoms with Crippen LogP contribution in [0.25, 0.3) is 11.3 Å². The second-order valence-electron chi connectivity index (χ2n) is 2.30. The molecule has 0 aliphatic heterocycles. The summed E-state index contributed by atoms with van der Waals surface area (Å²) in [5, 5.41) is 0. The number of halogens is 2. The summed E-state index contributed by atoms with van der Waals surface area (Å²) < 4.78 is 6.21. The highest BCUT2D eigenvalue weighted by molar-refractivity contribution is 7.71. The zero-order chi connectivity index (χ0) is 9.42. The summed E-state index contributed by atoms with van der Waals surface area (Å²) in [5.41, 5.74) is 1.56. The number of hydrogen-bond donors (Lipinski definition) is 1. The molecule has 0 fully saturated rings. The molecular weight excluding hydrogens is 249 g/mol. The maximum atomic E-state index is 5.93. The molecule has 2 rings (SSSR count). The van der Waals surface area contributed by atoms with Crippen molar-refractivity contribution in [3.05, 3.63) is 25.8 Å². The van der Waals surface area contributed by atoms with E-state index in [1.807, 2.05) is 0 Å². The number of H-pyrrole nitrogens is 1. The molecule has 0 unspecified atom stereocenters. The second-order valence-corrected chi connectivity index (χ2v) is 4.96. The van der Waals surface area contributed by atoms with Gasteiger partial charge in [0.1, 0.15) is 10.6 Å². The number of thiophene rings is 1. The van der Waals surface area contributed by atoms with Gasteiger partial charge in [-0.3, -0.25) is 0 Å². The highest BCUT2D eigenvalue weighted by atomic mass is 35.5. The zero-order valence-electron chi connectivity index (χ0n) is 6.14. The third-order valence-corrected chi connectivity index (χ3v) is 3.15. The number of aromatic nitrogens is 1. The summed E-state index contributed by atoms with van der Waals surface area (Å²) in [4.78, 5) is 3.19. The quantitative estimate of drug-likeness (QED) is 0.763. The summed E-state index contributed by atoms with van der Waals surface area (Å²) in [6, 6.07) is 1.77. The molecule has 0 atom stereocenters. The maximum absolute atomic E-state index is 5.93. The van der Waals surface area contributed by atoms with Gasteiger partial charge < -0.3 is 9.40 Å². The van der Waals surface area contributed by atoms with E-state index in [4.69, 9.17) is 39.8 Å². The van der Waals surface area contributed by atoms with Gasteiger partial charge in [-0.1, -0.05) is 23.2 Å². The number of aromatic amines is 1. The summed E-state index contributed by atoms with van der Waals surface area (Å²) in [6.45, 7) is 0. The topological polar surface area (TPSA) is 28.9 Å². The maximum Gasteiger partial charge on any atom is 0.266 e. The van der Waals surface area contributed by atoms with Crippen molar-refractivity contribution < 1.29 is 4.42 Å². The fourth-order valence-corrected chi connectivity index (χ4v) is 2.59. The van der Waals surface area contributed by atoms with E-state index in [0.29, 0.717) is 13.5 Å². The molecule has 0 saturated carbocycles. The van der Waals surface area contributed by atoms with E-state index in [1.165, 1.54) is 17.6 Å². The molecule has 0 bridgehead atoms. The minimum Gasteiger partial charge on any atom is -0.437 e. The van der Waals surface area contributed by atoms with Gasteiger partial charge in [-0.05, 0) is 18.3 Å². The lowest BCUT2D eigenvalue weighted by molar-refractivity contribution is 0.541. The lowest BCUT2D eigenvalue weighted by Crippen LogP contribution is -1.71. The van der Waals surface area contributed by atoms with Gasteiger partial charge in [0.05, 0.1) is 10.0 Å². The van der Waals surface area contributed by atoms with Gasteiger partial charge in [0.25, 0.3) is 4.84 Å². The van der Waals surface area contributed by atoms with Crippen molar-refractivity contribution in [3.63, 3.8) is 0 Å². The highest BCUT2D eigenvalue weighted by Gasteiger charge is 2.09. The molecule has 0 radical (unpaired) electrons. The van der Waals surface area contributed by atoms with Crippen molar-refractivity contribution in [1.29, 1.82) is 0 Å². The van der Waals surface area contributed by atoms with Crippen molar-refractivity contribution in [2.24, 2.45) is 0 Å². The molecular formula is C7H3Cl2NOS2. The zero-order valence-corrected chi connectivity index (χ0v) is 9.28. The Morgan fingerprint density at radius 3 is 2.69 bits per heavy atom. The molecule has 13 heavy (non-hydrogen) atoms. The van der Waals surface area contributed by atoms with Gasteiger partial charge in [-0.25, -0.2) is 0 Å². The Hall–Kier alpha value is -0.290. The predicted molar refractivity (Wildman–Crippen MR) is 57.2 cm³/mol. The molecule has 6 heteroatoms. The summed E-state index contributed by atoms with van der Waals surface area (Å²) in [7, 11) is 0. The number of oxazole rings is 1. The molecule has 2 nitrogen and oxygen atoms in total. The monoisotopic (exact) mass is 251 g/mol. The van der Waals surface area contributed by atoms with Crippen LogP contribution in [0.4, 0.5) is 0 Å². The summed E-state index contributed by atoms with van der Waals surface area (Å²) >= 11 is 17.8. The minimum atomic E-state index is 0.327. The van der Waals surface area contributed by atoms with Gasteiger partial charge in [-0.15, -0.1) is 11.3 Å². The van der Waals surface area contributed by atoms with Crippen LogP contribution < -0.4 is 0 Å². The number of hydrogen-bond acceptors (Lipinski definition) is 3. The van der Waals surface area contributed by atoms with E-state index in [-0.39, 0.29) is 0 Å². The summed E-state index contributed by atoms with van der Waals surface area (Å²) in [5.74, 6) is 0. The SMILES string of the molecule is S=c1[nH]c(-c2cc(Cl)sc2Cl)co1. The second kappa shape index (κ2) is 3.46. The van der Waals surface area contributed by atoms with Gasteiger partial charge in [0.15, 0.2) is 0 Å². The number of nitrogens with one attached hydrogen (secondary N) is 1. The van der Waals surface area contributed by atoms with Crippen LogP contribution in [0.15, 0.2) is 16.7 Å². The first kappa shape index (κ1) is 9.27. The molecule has 0 aliphatic rings. The molecule has 2 aromatic rings. The molecule has 0 aromatic carbocycles. The Bertz CT molecular complexity index is 485. The van der Waals surface area contributed by atoms with Crippen molar-refractivity contribution >= 4 is 46.8 Å². The van der Waals surface area contributed by atoms with Gasteiger partial charge in [-0.2, -0.15) is 0 Å². The smallest absolute Gasteiger partial charge is 0.266 e. The van der Waals surface area contributed by atoms with Crippen LogP contribution in [0.1, 0.15) is 0 Å². The van der Waals surface area contributed by atoms with E-state index >= 15 is 0 Å². The molecule has 68 valence electrons. The summed E-state index contributed by atoms with van der Waals surface area (Å²) in [6.07, 6.45) is 1.52. The first-order valence-electron chi connectivity index (χ1n) is 3.30. The molecule has 1 N–H and O–H groups in total. The van der Waals surface area contributed by atoms with Crippen molar-refractivity contribution in [2.75, 3.05) is 0 Å². The predicted octanol–water partition coefficient (Wildman–Crippen LogP) is 4.37.